The van der Waals surface area contributed by atoms with E-state index in [4.69, 9.17) is 15.2 Å². The number of rotatable bonds is 6. The quantitative estimate of drug-likeness (QED) is 0.710. The average Bonchev–Trinajstić information content (AvgIpc) is 2.88. The minimum Gasteiger partial charge on any atom is -0.478 e. The van der Waals surface area contributed by atoms with Gasteiger partial charge >= 0.3 is 5.97 Å². The predicted octanol–water partition coefficient (Wildman–Crippen LogP) is 0.212. The van der Waals surface area contributed by atoms with Crippen molar-refractivity contribution in [1.82, 2.24) is 4.72 Å². The lowest BCUT2D eigenvalue weighted by Crippen LogP contribution is -2.29. The van der Waals surface area contributed by atoms with E-state index in [0.717, 1.165) is 0 Å². The first-order valence-corrected chi connectivity index (χ1v) is 8.12. The van der Waals surface area contributed by atoms with Crippen LogP contribution < -0.4 is 15.2 Å². The Balaban J connectivity index is 0.00000242. The number of nitrogens with one attached hydrogen (secondary N) is 1. The van der Waals surface area contributed by atoms with E-state index in [-0.39, 0.29) is 37.0 Å². The average molecular weight is 351 g/mol. The van der Waals surface area contributed by atoms with E-state index in [2.05, 4.69) is 4.72 Å². The fourth-order valence-corrected chi connectivity index (χ4v) is 3.13. The van der Waals surface area contributed by atoms with Gasteiger partial charge in [-0.1, -0.05) is 0 Å². The van der Waals surface area contributed by atoms with Crippen molar-refractivity contribution >= 4 is 28.4 Å². The van der Waals surface area contributed by atoms with Crippen LogP contribution in [0.25, 0.3) is 0 Å². The number of hydrogen-bond acceptors (Lipinski definition) is 6. The molecule has 1 aliphatic heterocycles. The van der Waals surface area contributed by atoms with Crippen LogP contribution in [0.3, 0.4) is 0 Å². The largest absolute Gasteiger partial charge is 0.478 e. The van der Waals surface area contributed by atoms with Crippen LogP contribution in [0.1, 0.15) is 12.5 Å². The zero-order chi connectivity index (χ0) is 15.5. The minimum absolute atomic E-state index is 0. The Hall–Kier alpha value is -1.35. The Morgan fingerprint density at radius 3 is 2.86 bits per heavy atom. The smallest absolute Gasteiger partial charge is 0.347 e. The zero-order valence-electron chi connectivity index (χ0n) is 12.1. The Labute approximate surface area is 135 Å². The summed E-state index contributed by atoms with van der Waals surface area (Å²) in [4.78, 5) is 11.8. The molecule has 0 bridgehead atoms. The van der Waals surface area contributed by atoms with Gasteiger partial charge in [0, 0.05) is 19.5 Å². The number of sulfonamides is 1. The highest BCUT2D eigenvalue weighted by Gasteiger charge is 2.31. The summed E-state index contributed by atoms with van der Waals surface area (Å²) in [7, 11) is -3.59. The van der Waals surface area contributed by atoms with Crippen LogP contribution in [0.5, 0.6) is 5.75 Å². The van der Waals surface area contributed by atoms with Crippen molar-refractivity contribution in [1.29, 1.82) is 0 Å². The van der Waals surface area contributed by atoms with Gasteiger partial charge in [-0.25, -0.2) is 17.9 Å². The fraction of sp³-hybridized carbons (Fsp3) is 0.462. The second kappa shape index (κ2) is 7.77. The van der Waals surface area contributed by atoms with Crippen LogP contribution in [-0.4, -0.2) is 40.2 Å². The second-order valence-corrected chi connectivity index (χ2v) is 6.29. The molecule has 1 heterocycles. The van der Waals surface area contributed by atoms with E-state index in [9.17, 15) is 13.2 Å². The number of carbonyl (C=O) groups is 1. The Bertz CT molecular complexity index is 635. The molecule has 0 radical (unpaired) electrons. The van der Waals surface area contributed by atoms with Gasteiger partial charge in [0.05, 0.1) is 11.5 Å². The Morgan fingerprint density at radius 1 is 1.50 bits per heavy atom. The van der Waals surface area contributed by atoms with Gasteiger partial charge in [-0.2, -0.15) is 0 Å². The fourth-order valence-electron chi connectivity index (χ4n) is 2.04. The van der Waals surface area contributed by atoms with Crippen LogP contribution >= 0.6 is 12.4 Å². The third-order valence-corrected chi connectivity index (χ3v) is 4.46. The maximum Gasteiger partial charge on any atom is 0.347 e. The van der Waals surface area contributed by atoms with Crippen LogP contribution in [-0.2, 0) is 26.0 Å². The molecule has 9 heteroatoms. The standard InChI is InChI=1S/C13H18N2O5S.ClH/c1-2-19-13(16)12-8-9-7-10(3-4-11(9)20-12)21(17,18)15-6-5-14;/h3-4,7,12,15H,2,5-6,8,14H2,1H3;1H. The van der Waals surface area contributed by atoms with E-state index < -0.39 is 22.1 Å². The van der Waals surface area contributed by atoms with Gasteiger partial charge in [-0.3, -0.25) is 0 Å². The molecule has 1 aromatic carbocycles. The first-order chi connectivity index (χ1) is 9.97. The second-order valence-electron chi connectivity index (χ2n) is 4.52. The van der Waals surface area contributed by atoms with Gasteiger partial charge < -0.3 is 15.2 Å². The van der Waals surface area contributed by atoms with E-state index in [1.807, 2.05) is 0 Å². The van der Waals surface area contributed by atoms with Crippen LogP contribution in [0.4, 0.5) is 0 Å². The molecule has 0 spiro atoms. The van der Waals surface area contributed by atoms with Gasteiger partial charge in [0.25, 0.3) is 0 Å². The molecule has 124 valence electrons. The molecular weight excluding hydrogens is 332 g/mol. The van der Waals surface area contributed by atoms with Gasteiger partial charge in [0.2, 0.25) is 10.0 Å². The summed E-state index contributed by atoms with van der Waals surface area (Å²) in [6.45, 7) is 2.38. The molecular formula is C13H19ClN2O5S. The predicted molar refractivity (Wildman–Crippen MR) is 82.7 cm³/mol. The van der Waals surface area contributed by atoms with E-state index in [1.54, 1.807) is 13.0 Å². The molecule has 1 aromatic rings. The molecule has 3 N–H and O–H groups in total. The normalized spacial score (nSPS) is 16.4. The number of halogens is 1. The van der Waals surface area contributed by atoms with Crippen molar-refractivity contribution in [2.24, 2.45) is 5.73 Å². The van der Waals surface area contributed by atoms with E-state index in [0.29, 0.717) is 17.7 Å². The monoisotopic (exact) mass is 350 g/mol. The molecule has 0 saturated heterocycles. The third kappa shape index (κ3) is 4.10. The molecule has 22 heavy (non-hydrogen) atoms. The Kier molecular flexibility index (Phi) is 6.61. The highest BCUT2D eigenvalue weighted by atomic mass is 35.5. The maximum absolute atomic E-state index is 12.0. The lowest BCUT2D eigenvalue weighted by atomic mass is 10.1. The first-order valence-electron chi connectivity index (χ1n) is 6.64. The SMILES string of the molecule is CCOC(=O)C1Cc2cc(S(=O)(=O)NCCN)ccc2O1.Cl. The molecule has 1 unspecified atom stereocenters. The molecule has 7 nitrogen and oxygen atoms in total. The summed E-state index contributed by atoms with van der Waals surface area (Å²) < 4.78 is 36.8. The third-order valence-electron chi connectivity index (χ3n) is 3.00. The van der Waals surface area contributed by atoms with Crippen molar-refractivity contribution in [3.05, 3.63) is 23.8 Å². The number of nitrogens with two attached hydrogens (primary N) is 1. The highest BCUT2D eigenvalue weighted by Crippen LogP contribution is 2.31. The topological polar surface area (TPSA) is 108 Å². The van der Waals surface area contributed by atoms with Gasteiger partial charge in [0.15, 0.2) is 6.10 Å². The summed E-state index contributed by atoms with van der Waals surface area (Å²) in [5, 5.41) is 0. The first kappa shape index (κ1) is 18.7. The van der Waals surface area contributed by atoms with Crippen molar-refractivity contribution < 1.29 is 22.7 Å². The number of fused-ring (bicyclic) bond motifs is 1. The maximum atomic E-state index is 12.0. The van der Waals surface area contributed by atoms with Crippen LogP contribution in [0, 0.1) is 0 Å². The van der Waals surface area contributed by atoms with Crippen molar-refractivity contribution in [3.63, 3.8) is 0 Å². The molecule has 1 aliphatic rings. The lowest BCUT2D eigenvalue weighted by molar-refractivity contribution is -0.150. The molecule has 0 amide bonds. The summed E-state index contributed by atoms with van der Waals surface area (Å²) in [6, 6.07) is 4.49. The van der Waals surface area contributed by atoms with Gasteiger partial charge in [-0.05, 0) is 30.7 Å². The lowest BCUT2D eigenvalue weighted by Gasteiger charge is -2.08. The number of ether oxygens (including phenoxy) is 2. The summed E-state index contributed by atoms with van der Waals surface area (Å²) in [5.41, 5.74) is 5.96. The minimum atomic E-state index is -3.59. The molecule has 0 saturated carbocycles. The zero-order valence-corrected chi connectivity index (χ0v) is 13.7. The number of benzene rings is 1. The molecule has 0 fully saturated rings. The van der Waals surface area contributed by atoms with E-state index >= 15 is 0 Å². The highest BCUT2D eigenvalue weighted by molar-refractivity contribution is 7.89. The molecule has 0 aromatic heterocycles. The molecule has 1 atom stereocenters. The Morgan fingerprint density at radius 2 is 2.23 bits per heavy atom. The van der Waals surface area contributed by atoms with E-state index in [1.165, 1.54) is 12.1 Å². The summed E-state index contributed by atoms with van der Waals surface area (Å²) >= 11 is 0. The van der Waals surface area contributed by atoms with Crippen LogP contribution in [0.2, 0.25) is 0 Å². The van der Waals surface area contributed by atoms with Crippen molar-refractivity contribution in [2.75, 3.05) is 19.7 Å². The summed E-state index contributed by atoms with van der Waals surface area (Å²) in [6.07, 6.45) is -0.413. The van der Waals surface area contributed by atoms with Crippen LogP contribution in [0.15, 0.2) is 23.1 Å². The van der Waals surface area contributed by atoms with Crippen molar-refractivity contribution in [2.45, 2.75) is 24.3 Å². The van der Waals surface area contributed by atoms with Gasteiger partial charge in [0.1, 0.15) is 5.75 Å². The number of carbonyl (C=O) groups excluding carboxylic acids is 1. The number of esters is 1. The van der Waals surface area contributed by atoms with Crippen molar-refractivity contribution in [3.8, 4) is 5.75 Å². The van der Waals surface area contributed by atoms with Gasteiger partial charge in [-0.15, -0.1) is 12.4 Å². The molecule has 2 rings (SSSR count). The number of hydrogen-bond donors (Lipinski definition) is 2. The molecule has 0 aliphatic carbocycles. The summed E-state index contributed by atoms with van der Waals surface area (Å²) in [5.74, 6) is 0.0604.